The topological polar surface area (TPSA) is 93.5 Å². The second-order valence-electron chi connectivity index (χ2n) is 8.19. The Morgan fingerprint density at radius 3 is 2.50 bits per heavy atom. The summed E-state index contributed by atoms with van der Waals surface area (Å²) < 4.78 is 6.91. The van der Waals surface area contributed by atoms with Crippen LogP contribution in [0.5, 0.6) is 0 Å². The number of carboxylic acids is 1. The van der Waals surface area contributed by atoms with Crippen LogP contribution in [-0.4, -0.2) is 33.8 Å². The molecule has 3 aromatic carbocycles. The number of imidazole rings is 1. The third-order valence-corrected chi connectivity index (χ3v) is 5.79. The number of carbonyl (C=O) groups is 2. The predicted octanol–water partition coefficient (Wildman–Crippen LogP) is 5.89. The van der Waals surface area contributed by atoms with Crippen molar-refractivity contribution in [3.8, 4) is 11.1 Å². The Balaban J connectivity index is 1.71. The standard InChI is InChI=1S/C27H27N3O4/c1-4-7-24-29-25-17(2)14-20(28-27(33)34-3)15-23(25)30(24)16-18-10-12-19(13-11-18)21-8-5-6-9-22(21)26(31)32/h5-6,8-15H,4,7,16H2,1-3H3,(H,28,33)(H,31,32). The molecule has 0 fully saturated rings. The lowest BCUT2D eigenvalue weighted by Gasteiger charge is -2.12. The first kappa shape index (κ1) is 23.0. The van der Waals surface area contributed by atoms with Gasteiger partial charge in [0.2, 0.25) is 0 Å². The van der Waals surface area contributed by atoms with Crippen molar-refractivity contribution in [3.63, 3.8) is 0 Å². The van der Waals surface area contributed by atoms with Crippen molar-refractivity contribution in [1.82, 2.24) is 9.55 Å². The average Bonchev–Trinajstić information content (AvgIpc) is 3.17. The fourth-order valence-electron chi connectivity index (χ4n) is 4.17. The fraction of sp³-hybridized carbons (Fsp3) is 0.222. The highest BCUT2D eigenvalue weighted by Gasteiger charge is 2.15. The van der Waals surface area contributed by atoms with Crippen LogP contribution in [0.25, 0.3) is 22.2 Å². The lowest BCUT2D eigenvalue weighted by molar-refractivity contribution is 0.0697. The van der Waals surface area contributed by atoms with E-state index in [0.717, 1.165) is 46.4 Å². The molecule has 0 aliphatic carbocycles. The summed E-state index contributed by atoms with van der Waals surface area (Å²) in [6.07, 6.45) is 1.27. The van der Waals surface area contributed by atoms with Crippen LogP contribution < -0.4 is 5.32 Å². The van der Waals surface area contributed by atoms with Gasteiger partial charge in [-0.05, 0) is 53.8 Å². The molecule has 7 heteroatoms. The number of aryl methyl sites for hydroxylation is 2. The van der Waals surface area contributed by atoms with Gasteiger partial charge in [0.05, 0.1) is 23.7 Å². The number of benzene rings is 3. The predicted molar refractivity (Wildman–Crippen MR) is 132 cm³/mol. The molecule has 34 heavy (non-hydrogen) atoms. The van der Waals surface area contributed by atoms with Crippen LogP contribution in [0.4, 0.5) is 10.5 Å². The zero-order chi connectivity index (χ0) is 24.2. The van der Waals surface area contributed by atoms with E-state index in [1.807, 2.05) is 55.5 Å². The summed E-state index contributed by atoms with van der Waals surface area (Å²) in [5.74, 6) is 0.0385. The molecule has 0 atom stereocenters. The minimum absolute atomic E-state index is 0.280. The highest BCUT2D eigenvalue weighted by atomic mass is 16.5. The highest BCUT2D eigenvalue weighted by molar-refractivity contribution is 5.96. The van der Waals surface area contributed by atoms with Crippen molar-refractivity contribution >= 4 is 28.8 Å². The van der Waals surface area contributed by atoms with Crippen molar-refractivity contribution in [3.05, 3.63) is 83.2 Å². The number of ether oxygens (including phenoxy) is 1. The number of hydrogen-bond acceptors (Lipinski definition) is 4. The lowest BCUT2D eigenvalue weighted by Crippen LogP contribution is -2.11. The summed E-state index contributed by atoms with van der Waals surface area (Å²) in [7, 11) is 1.34. The number of anilines is 1. The zero-order valence-electron chi connectivity index (χ0n) is 19.5. The average molecular weight is 458 g/mol. The van der Waals surface area contributed by atoms with E-state index < -0.39 is 12.1 Å². The molecule has 1 amide bonds. The number of aromatic nitrogens is 2. The number of carboxylic acid groups (broad SMARTS) is 1. The van der Waals surface area contributed by atoms with Gasteiger partial charge in [0.1, 0.15) is 5.82 Å². The summed E-state index contributed by atoms with van der Waals surface area (Å²) in [6.45, 7) is 4.70. The molecule has 0 radical (unpaired) electrons. The van der Waals surface area contributed by atoms with Crippen LogP contribution in [0.1, 0.15) is 40.7 Å². The monoisotopic (exact) mass is 457 g/mol. The maximum Gasteiger partial charge on any atom is 0.411 e. The van der Waals surface area contributed by atoms with Gasteiger partial charge in [-0.3, -0.25) is 5.32 Å². The number of carbonyl (C=O) groups excluding carboxylic acids is 1. The summed E-state index contributed by atoms with van der Waals surface area (Å²) in [5, 5.41) is 12.3. The van der Waals surface area contributed by atoms with Crippen molar-refractivity contribution in [2.24, 2.45) is 0 Å². The highest BCUT2D eigenvalue weighted by Crippen LogP contribution is 2.28. The molecule has 0 unspecified atom stereocenters. The molecule has 0 saturated carbocycles. The molecule has 2 N–H and O–H groups in total. The van der Waals surface area contributed by atoms with Crippen molar-refractivity contribution < 1.29 is 19.4 Å². The van der Waals surface area contributed by atoms with Gasteiger partial charge in [-0.25, -0.2) is 14.6 Å². The molecule has 4 rings (SSSR count). The van der Waals surface area contributed by atoms with Crippen molar-refractivity contribution in [1.29, 1.82) is 0 Å². The van der Waals surface area contributed by atoms with Gasteiger partial charge >= 0.3 is 12.1 Å². The normalized spacial score (nSPS) is 10.9. The minimum Gasteiger partial charge on any atom is -0.478 e. The van der Waals surface area contributed by atoms with Gasteiger partial charge in [0.25, 0.3) is 0 Å². The van der Waals surface area contributed by atoms with E-state index in [1.165, 1.54) is 7.11 Å². The smallest absolute Gasteiger partial charge is 0.411 e. The molecule has 1 aromatic heterocycles. The van der Waals surface area contributed by atoms with Crippen LogP contribution in [-0.2, 0) is 17.7 Å². The second-order valence-corrected chi connectivity index (χ2v) is 8.19. The number of nitrogens with one attached hydrogen (secondary N) is 1. The first-order valence-corrected chi connectivity index (χ1v) is 11.2. The van der Waals surface area contributed by atoms with Gasteiger partial charge < -0.3 is 14.4 Å². The largest absolute Gasteiger partial charge is 0.478 e. The summed E-state index contributed by atoms with van der Waals surface area (Å²) in [4.78, 5) is 28.2. The first-order chi connectivity index (χ1) is 16.4. The number of rotatable bonds is 7. The molecule has 4 aromatic rings. The molecule has 7 nitrogen and oxygen atoms in total. The van der Waals surface area contributed by atoms with E-state index >= 15 is 0 Å². The molecular weight excluding hydrogens is 430 g/mol. The molecule has 0 aliphatic rings. The molecule has 0 saturated heterocycles. The first-order valence-electron chi connectivity index (χ1n) is 11.2. The van der Waals surface area contributed by atoms with E-state index in [4.69, 9.17) is 9.72 Å². The Morgan fingerprint density at radius 1 is 1.09 bits per heavy atom. The summed E-state index contributed by atoms with van der Waals surface area (Å²) in [6, 6.07) is 18.7. The van der Waals surface area contributed by atoms with E-state index in [-0.39, 0.29) is 5.56 Å². The van der Waals surface area contributed by atoms with Gasteiger partial charge in [0.15, 0.2) is 0 Å². The van der Waals surface area contributed by atoms with E-state index in [1.54, 1.807) is 12.1 Å². The van der Waals surface area contributed by atoms with Crippen LogP contribution in [0, 0.1) is 6.92 Å². The van der Waals surface area contributed by atoms with E-state index in [0.29, 0.717) is 17.8 Å². The van der Waals surface area contributed by atoms with Gasteiger partial charge in [-0.15, -0.1) is 0 Å². The van der Waals surface area contributed by atoms with Crippen molar-refractivity contribution in [2.75, 3.05) is 12.4 Å². The Bertz CT molecular complexity index is 1360. The number of hydrogen-bond donors (Lipinski definition) is 2. The maximum atomic E-state index is 11.7. The zero-order valence-corrected chi connectivity index (χ0v) is 19.5. The quantitative estimate of drug-likeness (QED) is 0.361. The Kier molecular flexibility index (Phi) is 6.63. The third kappa shape index (κ3) is 4.64. The minimum atomic E-state index is -0.944. The molecule has 0 aliphatic heterocycles. The molecular formula is C27H27N3O4. The fourth-order valence-corrected chi connectivity index (χ4v) is 4.17. The molecule has 0 bridgehead atoms. The van der Waals surface area contributed by atoms with E-state index in [2.05, 4.69) is 16.8 Å². The van der Waals surface area contributed by atoms with Crippen LogP contribution in [0.2, 0.25) is 0 Å². The second kappa shape index (κ2) is 9.79. The van der Waals surface area contributed by atoms with Crippen LogP contribution in [0.15, 0.2) is 60.7 Å². The Morgan fingerprint density at radius 2 is 1.82 bits per heavy atom. The lowest BCUT2D eigenvalue weighted by atomic mass is 9.99. The number of fused-ring (bicyclic) bond motifs is 1. The molecule has 174 valence electrons. The number of aromatic carboxylic acids is 1. The number of amides is 1. The number of methoxy groups -OCH3 is 1. The summed E-state index contributed by atoms with van der Waals surface area (Å²) >= 11 is 0. The maximum absolute atomic E-state index is 11.7. The molecule has 1 heterocycles. The van der Waals surface area contributed by atoms with Gasteiger partial charge in [0, 0.05) is 18.7 Å². The van der Waals surface area contributed by atoms with Gasteiger partial charge in [-0.1, -0.05) is 49.4 Å². The SMILES string of the molecule is CCCc1nc2c(C)cc(NC(=O)OC)cc2n1Cc1ccc(-c2ccccc2C(=O)O)cc1. The van der Waals surface area contributed by atoms with Crippen LogP contribution >= 0.6 is 0 Å². The third-order valence-electron chi connectivity index (χ3n) is 5.79. The molecule has 0 spiro atoms. The van der Waals surface area contributed by atoms with Gasteiger partial charge in [-0.2, -0.15) is 0 Å². The van der Waals surface area contributed by atoms with Crippen molar-refractivity contribution in [2.45, 2.75) is 33.2 Å². The summed E-state index contributed by atoms with van der Waals surface area (Å²) in [5.41, 5.74) is 6.37. The van der Waals surface area contributed by atoms with Crippen LogP contribution in [0.3, 0.4) is 0 Å². The Hall–Kier alpha value is -4.13. The Labute approximate surface area is 198 Å². The van der Waals surface area contributed by atoms with E-state index in [9.17, 15) is 14.7 Å². The number of nitrogens with zero attached hydrogens (tertiary/aromatic N) is 2.